The van der Waals surface area contributed by atoms with Crippen LogP contribution in [0.1, 0.15) is 46.9 Å². The van der Waals surface area contributed by atoms with Gasteiger partial charge in [-0.25, -0.2) is 0 Å². The molecule has 0 saturated carbocycles. The maximum atomic E-state index is 4.58. The molecule has 0 fully saturated rings. The van der Waals surface area contributed by atoms with Crippen molar-refractivity contribution in [3.05, 3.63) is 12.2 Å². The summed E-state index contributed by atoms with van der Waals surface area (Å²) in [5.41, 5.74) is 0. The van der Waals surface area contributed by atoms with Crippen LogP contribution in [0.3, 0.4) is 0 Å². The van der Waals surface area contributed by atoms with Crippen LogP contribution in [0.5, 0.6) is 0 Å². The third-order valence-electron chi connectivity index (χ3n) is 3.52. The second-order valence-electron chi connectivity index (χ2n) is 5.63. The molecule has 1 rings (SSSR count). The summed E-state index contributed by atoms with van der Waals surface area (Å²) < 4.78 is 2.08. The first-order valence-electron chi connectivity index (χ1n) is 8.00. The van der Waals surface area contributed by atoms with Crippen molar-refractivity contribution in [3.63, 3.8) is 0 Å². The highest BCUT2D eigenvalue weighted by Gasteiger charge is 2.09. The Balaban J connectivity index is 2.49. The molecular weight excluding hydrogens is 264 g/mol. The Morgan fingerprint density at radius 3 is 2.71 bits per heavy atom. The Morgan fingerprint density at radius 2 is 2.10 bits per heavy atom. The Hall–Kier alpha value is -1.59. The van der Waals surface area contributed by atoms with Crippen LogP contribution in [0.25, 0.3) is 0 Å². The minimum absolute atomic E-state index is 0.397. The third-order valence-corrected chi connectivity index (χ3v) is 3.52. The van der Waals surface area contributed by atoms with Crippen molar-refractivity contribution in [2.75, 3.05) is 13.1 Å². The second-order valence-corrected chi connectivity index (χ2v) is 5.63. The van der Waals surface area contributed by atoms with E-state index in [1.54, 1.807) is 6.33 Å². The number of nitrogens with zero attached hydrogens (tertiary/aromatic N) is 4. The summed E-state index contributed by atoms with van der Waals surface area (Å²) in [5.74, 6) is 2.49. The molecule has 0 saturated heterocycles. The topological polar surface area (TPSA) is 67.1 Å². The van der Waals surface area contributed by atoms with Gasteiger partial charge in [0.1, 0.15) is 12.2 Å². The van der Waals surface area contributed by atoms with E-state index < -0.39 is 0 Å². The van der Waals surface area contributed by atoms with E-state index >= 15 is 0 Å². The number of guanidine groups is 1. The van der Waals surface area contributed by atoms with E-state index in [1.165, 1.54) is 0 Å². The van der Waals surface area contributed by atoms with E-state index in [9.17, 15) is 0 Å². The van der Waals surface area contributed by atoms with Gasteiger partial charge in [-0.15, -0.1) is 10.2 Å². The maximum Gasteiger partial charge on any atom is 0.191 e. The van der Waals surface area contributed by atoms with Gasteiger partial charge in [0.15, 0.2) is 5.96 Å². The van der Waals surface area contributed by atoms with Crippen LogP contribution < -0.4 is 10.6 Å². The molecule has 0 amide bonds. The lowest BCUT2D eigenvalue weighted by molar-refractivity contribution is 0.479. The van der Waals surface area contributed by atoms with E-state index in [-0.39, 0.29) is 0 Å². The van der Waals surface area contributed by atoms with Crippen LogP contribution >= 0.6 is 0 Å². The molecule has 0 aliphatic heterocycles. The van der Waals surface area contributed by atoms with E-state index in [0.29, 0.717) is 12.0 Å². The van der Waals surface area contributed by atoms with Gasteiger partial charge in [-0.1, -0.05) is 27.7 Å². The van der Waals surface area contributed by atoms with Crippen molar-refractivity contribution >= 4 is 5.96 Å². The average Bonchev–Trinajstić information content (AvgIpc) is 2.91. The summed E-state index contributed by atoms with van der Waals surface area (Å²) in [7, 11) is 0. The van der Waals surface area contributed by atoms with Crippen LogP contribution in [-0.2, 0) is 13.0 Å². The molecule has 0 aliphatic carbocycles. The van der Waals surface area contributed by atoms with Crippen molar-refractivity contribution in [1.82, 2.24) is 25.4 Å². The van der Waals surface area contributed by atoms with Gasteiger partial charge in [-0.3, -0.25) is 4.99 Å². The lowest BCUT2D eigenvalue weighted by Crippen LogP contribution is -2.45. The number of rotatable bonds is 8. The van der Waals surface area contributed by atoms with Crippen LogP contribution in [0.4, 0.5) is 0 Å². The Bertz CT molecular complexity index is 424. The van der Waals surface area contributed by atoms with Crippen molar-refractivity contribution < 1.29 is 0 Å². The van der Waals surface area contributed by atoms with Gasteiger partial charge in [0.25, 0.3) is 0 Å². The number of nitrogens with one attached hydrogen (secondary N) is 2. The van der Waals surface area contributed by atoms with E-state index in [0.717, 1.165) is 44.3 Å². The zero-order valence-corrected chi connectivity index (χ0v) is 14.1. The van der Waals surface area contributed by atoms with E-state index in [4.69, 9.17) is 0 Å². The average molecular weight is 294 g/mol. The van der Waals surface area contributed by atoms with Crippen molar-refractivity contribution in [2.24, 2.45) is 10.9 Å². The van der Waals surface area contributed by atoms with Crippen LogP contribution in [0, 0.1) is 5.92 Å². The van der Waals surface area contributed by atoms with Gasteiger partial charge in [0.05, 0.1) is 0 Å². The van der Waals surface area contributed by atoms with E-state index in [1.807, 2.05) is 0 Å². The van der Waals surface area contributed by atoms with Crippen LogP contribution in [-0.4, -0.2) is 39.9 Å². The number of aryl methyl sites for hydroxylation is 1. The first-order valence-corrected chi connectivity index (χ1v) is 8.00. The summed E-state index contributed by atoms with van der Waals surface area (Å²) >= 11 is 0. The number of hydrogen-bond donors (Lipinski definition) is 2. The molecule has 0 radical (unpaired) electrons. The Kier molecular flexibility index (Phi) is 7.79. The third kappa shape index (κ3) is 6.14. The summed E-state index contributed by atoms with van der Waals surface area (Å²) in [6, 6.07) is 0.397. The Labute approximate surface area is 128 Å². The largest absolute Gasteiger partial charge is 0.355 e. The van der Waals surface area contributed by atoms with Gasteiger partial charge >= 0.3 is 0 Å². The minimum atomic E-state index is 0.397. The standard InChI is InChI=1S/C15H30N6/c1-6-8-16-15(19-13(5)12(3)4)17-9-10-21-11-18-20-14(21)7-2/h11-13H,6-10H2,1-5H3,(H2,16,17,19). The van der Waals surface area contributed by atoms with Gasteiger partial charge in [0, 0.05) is 32.1 Å². The molecule has 0 spiro atoms. The van der Waals surface area contributed by atoms with Gasteiger partial charge in [-0.2, -0.15) is 0 Å². The molecule has 2 N–H and O–H groups in total. The summed E-state index contributed by atoms with van der Waals surface area (Å²) in [4.78, 5) is 4.58. The smallest absolute Gasteiger partial charge is 0.191 e. The fraction of sp³-hybridized carbons (Fsp3) is 0.800. The highest BCUT2D eigenvalue weighted by molar-refractivity contribution is 5.80. The van der Waals surface area contributed by atoms with Crippen LogP contribution in [0.15, 0.2) is 11.3 Å². The SMILES string of the molecule is CCCN=C(NCCn1cnnc1CC)NC(C)C(C)C. The molecule has 0 bridgehead atoms. The number of aromatic nitrogens is 3. The highest BCUT2D eigenvalue weighted by atomic mass is 15.3. The second kappa shape index (κ2) is 9.37. The lowest BCUT2D eigenvalue weighted by Gasteiger charge is -2.21. The zero-order chi connectivity index (χ0) is 15.7. The molecule has 1 atom stereocenters. The van der Waals surface area contributed by atoms with Crippen molar-refractivity contribution in [3.8, 4) is 0 Å². The minimum Gasteiger partial charge on any atom is -0.355 e. The molecule has 1 aromatic heterocycles. The van der Waals surface area contributed by atoms with Crippen LogP contribution in [0.2, 0.25) is 0 Å². The maximum absolute atomic E-state index is 4.58. The molecule has 6 heteroatoms. The zero-order valence-electron chi connectivity index (χ0n) is 14.1. The quantitative estimate of drug-likeness (QED) is 0.567. The van der Waals surface area contributed by atoms with E-state index in [2.05, 4.69) is 65.0 Å². The number of hydrogen-bond acceptors (Lipinski definition) is 3. The Morgan fingerprint density at radius 1 is 1.33 bits per heavy atom. The highest BCUT2D eigenvalue weighted by Crippen LogP contribution is 1.99. The molecule has 0 aliphatic rings. The van der Waals surface area contributed by atoms with Crippen molar-refractivity contribution in [2.45, 2.75) is 60.0 Å². The van der Waals surface area contributed by atoms with Gasteiger partial charge < -0.3 is 15.2 Å². The molecule has 21 heavy (non-hydrogen) atoms. The normalized spacial score (nSPS) is 13.5. The summed E-state index contributed by atoms with van der Waals surface area (Å²) in [5, 5.41) is 14.9. The molecule has 1 aromatic rings. The fourth-order valence-corrected chi connectivity index (χ4v) is 1.79. The lowest BCUT2D eigenvalue weighted by atomic mass is 10.1. The molecule has 1 unspecified atom stereocenters. The molecule has 1 heterocycles. The van der Waals surface area contributed by atoms with Gasteiger partial charge in [0.2, 0.25) is 0 Å². The molecule has 120 valence electrons. The first kappa shape index (κ1) is 17.5. The summed E-state index contributed by atoms with van der Waals surface area (Å²) in [6.45, 7) is 13.3. The van der Waals surface area contributed by atoms with Crippen molar-refractivity contribution in [1.29, 1.82) is 0 Å². The van der Waals surface area contributed by atoms with Gasteiger partial charge in [-0.05, 0) is 19.3 Å². The predicted octanol–water partition coefficient (Wildman–Crippen LogP) is 1.83. The molecule has 0 aromatic carbocycles. The number of aliphatic imine (C=N–C) groups is 1. The molecular formula is C15H30N6. The molecule has 6 nitrogen and oxygen atoms in total. The summed E-state index contributed by atoms with van der Waals surface area (Å²) in [6.07, 6.45) is 3.74. The monoisotopic (exact) mass is 294 g/mol. The predicted molar refractivity (Wildman–Crippen MR) is 87.4 cm³/mol. The fourth-order valence-electron chi connectivity index (χ4n) is 1.79. The first-order chi connectivity index (χ1) is 10.1.